The normalized spacial score (nSPS) is 10.1. The van der Waals surface area contributed by atoms with Gasteiger partial charge in [0.05, 0.1) is 19.4 Å². The van der Waals surface area contributed by atoms with Crippen LogP contribution in [0.5, 0.6) is 11.5 Å². The van der Waals surface area contributed by atoms with Gasteiger partial charge in [0.25, 0.3) is 0 Å². The second kappa shape index (κ2) is 11.2. The van der Waals surface area contributed by atoms with E-state index in [2.05, 4.69) is 17.2 Å². The fraction of sp³-hybridized carbons (Fsp3) is 0.217. The van der Waals surface area contributed by atoms with Crippen LogP contribution in [0.4, 0.5) is 5.69 Å². The molecule has 2 rings (SSSR count). The van der Waals surface area contributed by atoms with Gasteiger partial charge in [-0.3, -0.25) is 9.59 Å². The minimum absolute atomic E-state index is 0.331. The molecule has 28 heavy (non-hydrogen) atoms. The Hall–Kier alpha value is -3.52. The molecule has 1 amide bonds. The quantitative estimate of drug-likeness (QED) is 0.322. The zero-order chi connectivity index (χ0) is 20.2. The van der Waals surface area contributed by atoms with Crippen molar-refractivity contribution in [3.8, 4) is 23.3 Å². The summed E-state index contributed by atoms with van der Waals surface area (Å²) in [7, 11) is 1.58. The van der Waals surface area contributed by atoms with Crippen molar-refractivity contribution in [2.75, 3.05) is 19.0 Å². The van der Waals surface area contributed by atoms with Crippen molar-refractivity contribution in [2.24, 2.45) is 0 Å². The molecule has 0 bridgehead atoms. The largest absolute Gasteiger partial charge is 0.493 e. The summed E-state index contributed by atoms with van der Waals surface area (Å²) in [6.07, 6.45) is 5.23. The zero-order valence-electron chi connectivity index (χ0n) is 16.0. The predicted octanol–water partition coefficient (Wildman–Crippen LogP) is 4.34. The Kier molecular flexibility index (Phi) is 8.35. The first kappa shape index (κ1) is 20.8. The molecule has 0 aromatic heterocycles. The molecule has 1 N–H and O–H groups in total. The van der Waals surface area contributed by atoms with Crippen LogP contribution in [0.2, 0.25) is 0 Å². The number of carbonyl (C=O) groups excluding carboxylic acids is 2. The number of anilines is 1. The van der Waals surface area contributed by atoms with Gasteiger partial charge in [-0.05, 0) is 35.9 Å². The van der Waals surface area contributed by atoms with Crippen molar-refractivity contribution in [2.45, 2.75) is 19.8 Å². The van der Waals surface area contributed by atoms with Crippen LogP contribution >= 0.6 is 0 Å². The molecule has 0 spiro atoms. The minimum Gasteiger partial charge on any atom is -0.493 e. The van der Waals surface area contributed by atoms with E-state index in [-0.39, 0.29) is 5.91 Å². The highest BCUT2D eigenvalue weighted by Gasteiger charge is 2.06. The third-order valence-electron chi connectivity index (χ3n) is 3.75. The minimum atomic E-state index is -0.331. The molecule has 2 aromatic rings. The molecule has 0 aliphatic carbocycles. The Morgan fingerprint density at radius 1 is 1.14 bits per heavy atom. The van der Waals surface area contributed by atoms with E-state index in [1.165, 1.54) is 6.08 Å². The number of amides is 1. The smallest absolute Gasteiger partial charge is 0.248 e. The third-order valence-corrected chi connectivity index (χ3v) is 3.75. The van der Waals surface area contributed by atoms with Gasteiger partial charge in [-0.15, -0.1) is 5.92 Å². The Morgan fingerprint density at radius 2 is 1.96 bits per heavy atom. The van der Waals surface area contributed by atoms with Crippen molar-refractivity contribution in [3.63, 3.8) is 0 Å². The number of benzene rings is 2. The van der Waals surface area contributed by atoms with Crippen LogP contribution in [0.25, 0.3) is 6.08 Å². The van der Waals surface area contributed by atoms with E-state index in [0.29, 0.717) is 42.1 Å². The molecule has 0 saturated heterocycles. The van der Waals surface area contributed by atoms with E-state index >= 15 is 0 Å². The van der Waals surface area contributed by atoms with Crippen molar-refractivity contribution < 1.29 is 19.1 Å². The molecular weight excluding hydrogens is 354 g/mol. The molecular formula is C23H23NO4. The molecule has 5 heteroatoms. The van der Waals surface area contributed by atoms with Gasteiger partial charge in [-0.2, -0.15) is 0 Å². The van der Waals surface area contributed by atoms with Gasteiger partial charge in [0.1, 0.15) is 0 Å². The van der Waals surface area contributed by atoms with Crippen LogP contribution in [-0.2, 0) is 4.79 Å². The molecule has 0 aliphatic heterocycles. The summed E-state index contributed by atoms with van der Waals surface area (Å²) in [4.78, 5) is 23.2. The monoisotopic (exact) mass is 377 g/mol. The summed E-state index contributed by atoms with van der Waals surface area (Å²) in [5.41, 5.74) is 1.68. The highest BCUT2D eigenvalue weighted by molar-refractivity contribution is 6.04. The van der Waals surface area contributed by atoms with Crippen LogP contribution in [0.15, 0.2) is 48.5 Å². The van der Waals surface area contributed by atoms with Crippen LogP contribution in [-0.4, -0.2) is 25.9 Å². The van der Waals surface area contributed by atoms with Crippen LogP contribution in [0, 0.1) is 11.8 Å². The Labute approximate surface area is 165 Å². The van der Waals surface area contributed by atoms with Gasteiger partial charge >= 0.3 is 0 Å². The molecule has 0 heterocycles. The zero-order valence-corrected chi connectivity index (χ0v) is 16.0. The third kappa shape index (κ3) is 6.33. The van der Waals surface area contributed by atoms with Crippen LogP contribution in [0.3, 0.4) is 0 Å². The number of hydrogen-bond acceptors (Lipinski definition) is 4. The molecule has 5 nitrogen and oxygen atoms in total. The highest BCUT2D eigenvalue weighted by atomic mass is 16.5. The van der Waals surface area contributed by atoms with E-state index in [4.69, 9.17) is 9.47 Å². The van der Waals surface area contributed by atoms with E-state index in [0.717, 1.165) is 12.0 Å². The van der Waals surface area contributed by atoms with Crippen LogP contribution in [0.1, 0.15) is 35.7 Å². The second-order valence-corrected chi connectivity index (χ2v) is 5.74. The molecule has 0 unspecified atom stereocenters. The number of methoxy groups -OCH3 is 1. The summed E-state index contributed by atoms with van der Waals surface area (Å²) < 4.78 is 11.1. The van der Waals surface area contributed by atoms with Crippen molar-refractivity contribution in [1.82, 2.24) is 0 Å². The highest BCUT2D eigenvalue weighted by Crippen LogP contribution is 2.28. The van der Waals surface area contributed by atoms with Gasteiger partial charge in [0.15, 0.2) is 17.8 Å². The van der Waals surface area contributed by atoms with Gasteiger partial charge in [0, 0.05) is 24.5 Å². The molecule has 0 fully saturated rings. The maximum atomic E-state index is 12.1. The molecule has 0 atom stereocenters. The molecule has 0 aliphatic rings. The fourth-order valence-electron chi connectivity index (χ4n) is 2.40. The topological polar surface area (TPSA) is 64.6 Å². The lowest BCUT2D eigenvalue weighted by Gasteiger charge is -2.10. The Balaban J connectivity index is 2.04. The van der Waals surface area contributed by atoms with E-state index in [1.807, 2.05) is 13.0 Å². The molecule has 0 saturated carbocycles. The lowest BCUT2D eigenvalue weighted by atomic mass is 10.1. The lowest BCUT2D eigenvalue weighted by molar-refractivity contribution is -0.111. The second-order valence-electron chi connectivity index (χ2n) is 5.74. The summed E-state index contributed by atoms with van der Waals surface area (Å²) in [6, 6.07) is 12.2. The standard InChI is InChI=1S/C23H23NO4/c1-3-4-5-8-15-28-22-16-18(11-13-21(22)27-2)12-14-23(26)24-20-10-7-6-9-19(20)17-25/h6-7,9-14,16-17H,3,8,15H2,1-2H3,(H,24,26)/b14-12+. The van der Waals surface area contributed by atoms with Gasteiger partial charge < -0.3 is 14.8 Å². The first-order valence-electron chi connectivity index (χ1n) is 8.97. The predicted molar refractivity (Wildman–Crippen MR) is 111 cm³/mol. The number of ether oxygens (including phenoxy) is 2. The molecule has 2 aromatic carbocycles. The Bertz CT molecular complexity index is 906. The molecule has 0 radical (unpaired) electrons. The number of rotatable bonds is 8. The fourth-order valence-corrected chi connectivity index (χ4v) is 2.40. The van der Waals surface area contributed by atoms with E-state index in [1.54, 1.807) is 49.6 Å². The number of para-hydroxylation sites is 1. The molecule has 144 valence electrons. The SMILES string of the molecule is CCC#CCCOc1cc(/C=C/C(=O)Nc2ccccc2C=O)ccc1OC. The maximum Gasteiger partial charge on any atom is 0.248 e. The summed E-state index contributed by atoms with van der Waals surface area (Å²) in [6.45, 7) is 2.46. The average Bonchev–Trinajstić information content (AvgIpc) is 2.72. The lowest BCUT2D eigenvalue weighted by Crippen LogP contribution is -2.09. The Morgan fingerprint density at radius 3 is 2.71 bits per heavy atom. The van der Waals surface area contributed by atoms with E-state index in [9.17, 15) is 9.59 Å². The van der Waals surface area contributed by atoms with Gasteiger partial charge in [-0.1, -0.05) is 31.0 Å². The van der Waals surface area contributed by atoms with Crippen molar-refractivity contribution >= 4 is 24.0 Å². The number of aldehydes is 1. The number of hydrogen-bond donors (Lipinski definition) is 1. The summed E-state index contributed by atoms with van der Waals surface area (Å²) in [5, 5.41) is 2.69. The summed E-state index contributed by atoms with van der Waals surface area (Å²) >= 11 is 0. The van der Waals surface area contributed by atoms with Gasteiger partial charge in [0.2, 0.25) is 5.91 Å². The van der Waals surface area contributed by atoms with Gasteiger partial charge in [-0.25, -0.2) is 0 Å². The maximum absolute atomic E-state index is 12.1. The number of nitrogens with one attached hydrogen (secondary N) is 1. The average molecular weight is 377 g/mol. The van der Waals surface area contributed by atoms with E-state index < -0.39 is 0 Å². The number of carbonyl (C=O) groups is 2. The van der Waals surface area contributed by atoms with Crippen molar-refractivity contribution in [1.29, 1.82) is 0 Å². The van der Waals surface area contributed by atoms with Crippen LogP contribution < -0.4 is 14.8 Å². The first-order chi connectivity index (χ1) is 13.7. The summed E-state index contributed by atoms with van der Waals surface area (Å²) in [5.74, 6) is 6.90. The van der Waals surface area contributed by atoms with Crippen molar-refractivity contribution in [3.05, 3.63) is 59.7 Å². The first-order valence-corrected chi connectivity index (χ1v) is 8.97.